The van der Waals surface area contributed by atoms with Crippen LogP contribution in [-0.4, -0.2) is 54.4 Å². The summed E-state index contributed by atoms with van der Waals surface area (Å²) in [5, 5.41) is 11.8. The summed E-state index contributed by atoms with van der Waals surface area (Å²) in [5.41, 5.74) is 0. The average Bonchev–Trinajstić information content (AvgIpc) is 2.77. The van der Waals surface area contributed by atoms with Crippen LogP contribution in [0.5, 0.6) is 0 Å². The van der Waals surface area contributed by atoms with Crippen molar-refractivity contribution < 1.29 is 23.1 Å². The SMILES string of the molecule is CN(CCC(=O)NC1CCCC1)CC(O)C(F)(F)F. The molecule has 0 saturated heterocycles. The van der Waals surface area contributed by atoms with Crippen LogP contribution in [0.15, 0.2) is 0 Å². The van der Waals surface area contributed by atoms with Crippen molar-refractivity contribution in [1.29, 1.82) is 0 Å². The molecule has 1 unspecified atom stereocenters. The van der Waals surface area contributed by atoms with E-state index in [0.717, 1.165) is 25.7 Å². The van der Waals surface area contributed by atoms with Crippen LogP contribution in [0.25, 0.3) is 0 Å². The van der Waals surface area contributed by atoms with E-state index in [-0.39, 0.29) is 24.9 Å². The van der Waals surface area contributed by atoms with Crippen LogP contribution in [0.1, 0.15) is 32.1 Å². The van der Waals surface area contributed by atoms with Gasteiger partial charge in [0.2, 0.25) is 5.91 Å². The molecule has 7 heteroatoms. The van der Waals surface area contributed by atoms with Crippen molar-refractivity contribution in [1.82, 2.24) is 10.2 Å². The summed E-state index contributed by atoms with van der Waals surface area (Å²) in [6.45, 7) is -0.314. The molecule has 1 amide bonds. The van der Waals surface area contributed by atoms with Crippen LogP contribution < -0.4 is 5.32 Å². The number of carbonyl (C=O) groups excluding carboxylic acids is 1. The Hall–Kier alpha value is -0.820. The lowest BCUT2D eigenvalue weighted by Crippen LogP contribution is -2.41. The smallest absolute Gasteiger partial charge is 0.382 e. The maximum atomic E-state index is 12.1. The van der Waals surface area contributed by atoms with Crippen molar-refractivity contribution >= 4 is 5.91 Å². The molecule has 19 heavy (non-hydrogen) atoms. The van der Waals surface area contributed by atoms with Crippen LogP contribution >= 0.6 is 0 Å². The molecule has 1 aliphatic rings. The third kappa shape index (κ3) is 6.24. The van der Waals surface area contributed by atoms with E-state index in [0.29, 0.717) is 0 Å². The second kappa shape index (κ2) is 7.09. The largest absolute Gasteiger partial charge is 0.415 e. The molecule has 0 aromatic rings. The number of halogens is 3. The minimum absolute atomic E-state index is 0.139. The summed E-state index contributed by atoms with van der Waals surface area (Å²) in [4.78, 5) is 12.9. The minimum Gasteiger partial charge on any atom is -0.382 e. The molecule has 0 radical (unpaired) electrons. The van der Waals surface area contributed by atoms with Gasteiger partial charge < -0.3 is 15.3 Å². The molecule has 1 aliphatic carbocycles. The normalized spacial score (nSPS) is 18.8. The first-order valence-corrected chi connectivity index (χ1v) is 6.51. The van der Waals surface area contributed by atoms with Crippen molar-refractivity contribution in [3.63, 3.8) is 0 Å². The molecular formula is C12H21F3N2O2. The molecule has 1 fully saturated rings. The summed E-state index contributed by atoms with van der Waals surface area (Å²) in [6.07, 6.45) is -2.64. The number of likely N-dealkylation sites (N-methyl/N-ethyl adjacent to an activating group) is 1. The zero-order valence-corrected chi connectivity index (χ0v) is 11.0. The summed E-state index contributed by atoms with van der Waals surface area (Å²) in [7, 11) is 1.46. The van der Waals surface area contributed by atoms with Gasteiger partial charge in [0, 0.05) is 25.6 Å². The number of nitrogens with one attached hydrogen (secondary N) is 1. The average molecular weight is 282 g/mol. The van der Waals surface area contributed by atoms with Gasteiger partial charge in [0.1, 0.15) is 0 Å². The van der Waals surface area contributed by atoms with Crippen molar-refractivity contribution in [2.45, 2.75) is 50.4 Å². The Bertz CT molecular complexity index is 291. The lowest BCUT2D eigenvalue weighted by molar-refractivity contribution is -0.207. The van der Waals surface area contributed by atoms with E-state index < -0.39 is 18.8 Å². The molecule has 0 heterocycles. The van der Waals surface area contributed by atoms with Crippen LogP contribution in [0.4, 0.5) is 13.2 Å². The van der Waals surface area contributed by atoms with Gasteiger partial charge >= 0.3 is 6.18 Å². The Balaban J connectivity index is 2.18. The molecule has 1 atom stereocenters. The number of hydrogen-bond acceptors (Lipinski definition) is 3. The number of hydrogen-bond donors (Lipinski definition) is 2. The lowest BCUT2D eigenvalue weighted by atomic mass is 10.2. The van der Waals surface area contributed by atoms with Gasteiger partial charge in [-0.3, -0.25) is 4.79 Å². The number of aliphatic hydroxyl groups is 1. The number of carbonyl (C=O) groups is 1. The summed E-state index contributed by atoms with van der Waals surface area (Å²) < 4.78 is 36.4. The molecule has 1 rings (SSSR count). The highest BCUT2D eigenvalue weighted by Gasteiger charge is 2.38. The monoisotopic (exact) mass is 282 g/mol. The van der Waals surface area contributed by atoms with Crippen molar-refractivity contribution in [2.75, 3.05) is 20.1 Å². The fraction of sp³-hybridized carbons (Fsp3) is 0.917. The van der Waals surface area contributed by atoms with E-state index in [2.05, 4.69) is 5.32 Å². The first-order chi connectivity index (χ1) is 8.79. The summed E-state index contributed by atoms with van der Waals surface area (Å²) in [6, 6.07) is 0.221. The third-order valence-electron chi connectivity index (χ3n) is 3.30. The lowest BCUT2D eigenvalue weighted by Gasteiger charge is -2.22. The van der Waals surface area contributed by atoms with Crippen LogP contribution in [-0.2, 0) is 4.79 Å². The molecule has 0 bridgehead atoms. The van der Waals surface area contributed by atoms with Crippen molar-refractivity contribution in [2.24, 2.45) is 0 Å². The molecule has 0 aliphatic heterocycles. The van der Waals surface area contributed by atoms with Gasteiger partial charge in [-0.15, -0.1) is 0 Å². The standard InChI is InChI=1S/C12H21F3N2O2/c1-17(8-10(18)12(13,14)15)7-6-11(19)16-9-4-2-3-5-9/h9-10,18H,2-8H2,1H3,(H,16,19). The Morgan fingerprint density at radius 1 is 1.42 bits per heavy atom. The molecular weight excluding hydrogens is 261 g/mol. The van der Waals surface area contributed by atoms with Crippen molar-refractivity contribution in [3.05, 3.63) is 0 Å². The maximum absolute atomic E-state index is 12.1. The van der Waals surface area contributed by atoms with E-state index in [1.165, 1.54) is 11.9 Å². The Morgan fingerprint density at radius 2 is 2.00 bits per heavy atom. The van der Waals surface area contributed by atoms with Gasteiger partial charge in [0.25, 0.3) is 0 Å². The van der Waals surface area contributed by atoms with E-state index >= 15 is 0 Å². The number of nitrogens with zero attached hydrogens (tertiary/aromatic N) is 1. The van der Waals surface area contributed by atoms with E-state index in [1.807, 2.05) is 0 Å². The minimum atomic E-state index is -4.61. The van der Waals surface area contributed by atoms with Gasteiger partial charge in [-0.2, -0.15) is 13.2 Å². The van der Waals surface area contributed by atoms with Gasteiger partial charge in [-0.05, 0) is 19.9 Å². The van der Waals surface area contributed by atoms with Gasteiger partial charge in [0.05, 0.1) is 0 Å². The predicted octanol–water partition coefficient (Wildman–Crippen LogP) is 1.29. The highest BCUT2D eigenvalue weighted by Crippen LogP contribution is 2.20. The van der Waals surface area contributed by atoms with E-state index in [9.17, 15) is 18.0 Å². The highest BCUT2D eigenvalue weighted by atomic mass is 19.4. The molecule has 2 N–H and O–H groups in total. The number of aliphatic hydroxyl groups excluding tert-OH is 1. The molecule has 0 spiro atoms. The third-order valence-corrected chi connectivity index (χ3v) is 3.30. The maximum Gasteiger partial charge on any atom is 0.415 e. The van der Waals surface area contributed by atoms with Crippen molar-refractivity contribution in [3.8, 4) is 0 Å². The number of amides is 1. The van der Waals surface area contributed by atoms with Crippen LogP contribution in [0, 0.1) is 0 Å². The fourth-order valence-corrected chi connectivity index (χ4v) is 2.15. The van der Waals surface area contributed by atoms with Gasteiger partial charge in [0.15, 0.2) is 6.10 Å². The second-order valence-electron chi connectivity index (χ2n) is 5.12. The number of alkyl halides is 3. The van der Waals surface area contributed by atoms with Gasteiger partial charge in [-0.25, -0.2) is 0 Å². The number of rotatable bonds is 6. The first-order valence-electron chi connectivity index (χ1n) is 6.51. The predicted molar refractivity (Wildman–Crippen MR) is 64.6 cm³/mol. The second-order valence-corrected chi connectivity index (χ2v) is 5.12. The molecule has 0 aromatic carbocycles. The van der Waals surface area contributed by atoms with E-state index in [1.54, 1.807) is 0 Å². The Morgan fingerprint density at radius 3 is 2.53 bits per heavy atom. The zero-order valence-electron chi connectivity index (χ0n) is 11.0. The van der Waals surface area contributed by atoms with Crippen LogP contribution in [0.2, 0.25) is 0 Å². The fourth-order valence-electron chi connectivity index (χ4n) is 2.15. The molecule has 0 aromatic heterocycles. The summed E-state index contributed by atoms with van der Waals surface area (Å²) >= 11 is 0. The molecule has 1 saturated carbocycles. The van der Waals surface area contributed by atoms with Gasteiger partial charge in [-0.1, -0.05) is 12.8 Å². The Labute approximate surface area is 111 Å². The molecule has 112 valence electrons. The van der Waals surface area contributed by atoms with E-state index in [4.69, 9.17) is 5.11 Å². The topological polar surface area (TPSA) is 52.6 Å². The first kappa shape index (κ1) is 16.2. The van der Waals surface area contributed by atoms with Crippen LogP contribution in [0.3, 0.4) is 0 Å². The quantitative estimate of drug-likeness (QED) is 0.772. The molecule has 4 nitrogen and oxygen atoms in total. The highest BCUT2D eigenvalue weighted by molar-refractivity contribution is 5.76. The zero-order chi connectivity index (χ0) is 14.5. The summed E-state index contributed by atoms with van der Waals surface area (Å²) in [5.74, 6) is -0.139. The Kier molecular flexibility index (Phi) is 6.06.